The van der Waals surface area contributed by atoms with Crippen molar-refractivity contribution in [3.8, 4) is 33.8 Å². The molecule has 0 fully saturated rings. The molecule has 0 amide bonds. The fourth-order valence-electron chi connectivity index (χ4n) is 3.50. The van der Waals surface area contributed by atoms with E-state index >= 15 is 0 Å². The molecule has 0 unspecified atom stereocenters. The van der Waals surface area contributed by atoms with Crippen LogP contribution in [0, 0.1) is 31.9 Å². The van der Waals surface area contributed by atoms with E-state index in [4.69, 9.17) is 4.74 Å². The van der Waals surface area contributed by atoms with E-state index < -0.39 is 32.9 Å². The summed E-state index contributed by atoms with van der Waals surface area (Å²) < 4.78 is 34.3. The lowest BCUT2D eigenvalue weighted by Crippen LogP contribution is -2.00. The minimum atomic E-state index is -0.746. The van der Waals surface area contributed by atoms with Gasteiger partial charge in [-0.1, -0.05) is 48.5 Å². The van der Waals surface area contributed by atoms with E-state index in [1.54, 1.807) is 0 Å². The third-order valence-electron chi connectivity index (χ3n) is 4.91. The fraction of sp³-hybridized carbons (Fsp3) is 0. The number of nitro benzene ring substituents is 2. The normalized spacial score (nSPS) is 10.6. The lowest BCUT2D eigenvalue weighted by Gasteiger charge is -2.12. The Morgan fingerprint density at radius 3 is 1.27 bits per heavy atom. The van der Waals surface area contributed by atoms with Crippen molar-refractivity contribution in [2.75, 3.05) is 0 Å². The maximum absolute atomic E-state index is 14.3. The summed E-state index contributed by atoms with van der Waals surface area (Å²) in [6.45, 7) is 0. The smallest absolute Gasteiger partial charge is 0.319 e. The van der Waals surface area contributed by atoms with Crippen LogP contribution >= 0.6 is 0 Å². The Kier molecular flexibility index (Phi) is 5.77. The molecule has 7 nitrogen and oxygen atoms in total. The van der Waals surface area contributed by atoms with Crippen molar-refractivity contribution >= 4 is 11.4 Å². The summed E-state index contributed by atoms with van der Waals surface area (Å²) in [5.41, 5.74) is -1.28. The summed E-state index contributed by atoms with van der Waals surface area (Å²) >= 11 is 0. The molecule has 0 aromatic heterocycles. The molecule has 0 bridgehead atoms. The van der Waals surface area contributed by atoms with Crippen molar-refractivity contribution < 1.29 is 23.4 Å². The van der Waals surface area contributed by atoms with Crippen LogP contribution in [0.2, 0.25) is 0 Å². The molecule has 0 aliphatic heterocycles. The van der Waals surface area contributed by atoms with E-state index in [1.807, 2.05) is 0 Å². The van der Waals surface area contributed by atoms with Crippen LogP contribution in [0.1, 0.15) is 0 Å². The molecule has 0 N–H and O–H groups in total. The molecule has 0 spiro atoms. The summed E-state index contributed by atoms with van der Waals surface area (Å²) in [6, 6.07) is 19.1. The molecule has 4 rings (SSSR count). The Morgan fingerprint density at radius 2 is 0.909 bits per heavy atom. The summed E-state index contributed by atoms with van der Waals surface area (Å²) in [5, 5.41) is 23.8. The molecule has 33 heavy (non-hydrogen) atoms. The minimum absolute atomic E-state index is 0.0238. The lowest BCUT2D eigenvalue weighted by molar-refractivity contribution is -0.386. The van der Waals surface area contributed by atoms with E-state index in [-0.39, 0.29) is 33.8 Å². The molecule has 0 aliphatic carbocycles. The summed E-state index contributed by atoms with van der Waals surface area (Å²) in [4.78, 5) is 22.3. The van der Waals surface area contributed by atoms with Crippen molar-refractivity contribution in [3.05, 3.63) is 117 Å². The maximum Gasteiger partial charge on any atom is 0.319 e. The second-order valence-electron chi connectivity index (χ2n) is 6.88. The molecule has 164 valence electrons. The number of para-hydroxylation sites is 2. The van der Waals surface area contributed by atoms with Gasteiger partial charge in [-0.3, -0.25) is 20.2 Å². The number of hydrogen-bond donors (Lipinski definition) is 0. The van der Waals surface area contributed by atoms with Crippen molar-refractivity contribution in [2.45, 2.75) is 0 Å². The van der Waals surface area contributed by atoms with Crippen molar-refractivity contribution in [2.24, 2.45) is 0 Å². The van der Waals surface area contributed by atoms with Gasteiger partial charge in [0.1, 0.15) is 11.6 Å². The number of benzene rings is 4. The van der Waals surface area contributed by atoms with E-state index in [0.29, 0.717) is 0 Å². The number of nitrogens with zero attached hydrogens (tertiary/aromatic N) is 2. The van der Waals surface area contributed by atoms with E-state index in [2.05, 4.69) is 0 Å². The zero-order valence-electron chi connectivity index (χ0n) is 16.8. The average molecular weight is 448 g/mol. The van der Waals surface area contributed by atoms with Crippen molar-refractivity contribution in [1.29, 1.82) is 0 Å². The van der Waals surface area contributed by atoms with Crippen LogP contribution in [-0.4, -0.2) is 9.85 Å². The van der Waals surface area contributed by atoms with Crippen LogP contribution in [0.15, 0.2) is 84.9 Å². The van der Waals surface area contributed by atoms with Crippen LogP contribution in [0.25, 0.3) is 22.3 Å². The molecule has 0 heterocycles. The van der Waals surface area contributed by atoms with E-state index in [9.17, 15) is 29.0 Å². The molecule has 0 aliphatic rings. The molecule has 9 heteroatoms. The molecule has 0 atom stereocenters. The topological polar surface area (TPSA) is 95.5 Å². The first kappa shape index (κ1) is 21.6. The summed E-state index contributed by atoms with van der Waals surface area (Å²) in [5.74, 6) is -2.00. The standard InChI is InChI=1S/C24H14F2N2O5/c25-19-11-3-1-7-15(19)17-9-5-13-21(23(17)27(29)30)33-22-14-6-10-18(24(22)28(31)32)16-8-2-4-12-20(16)26/h1-14H. The van der Waals surface area contributed by atoms with Crippen LogP contribution in [-0.2, 0) is 0 Å². The van der Waals surface area contributed by atoms with Gasteiger partial charge in [0, 0.05) is 11.1 Å². The van der Waals surface area contributed by atoms with Crippen molar-refractivity contribution in [1.82, 2.24) is 0 Å². The summed E-state index contributed by atoms with van der Waals surface area (Å²) in [6.07, 6.45) is 0. The van der Waals surface area contributed by atoms with Gasteiger partial charge in [-0.15, -0.1) is 0 Å². The first-order valence-electron chi connectivity index (χ1n) is 9.61. The highest BCUT2D eigenvalue weighted by atomic mass is 19.1. The highest BCUT2D eigenvalue weighted by Crippen LogP contribution is 2.45. The van der Waals surface area contributed by atoms with Crippen LogP contribution < -0.4 is 4.74 Å². The third kappa shape index (κ3) is 4.11. The molecule has 4 aromatic carbocycles. The van der Waals surface area contributed by atoms with Crippen molar-refractivity contribution in [3.63, 3.8) is 0 Å². The zero-order chi connectivity index (χ0) is 23.5. The van der Waals surface area contributed by atoms with E-state index in [0.717, 1.165) is 12.1 Å². The number of nitro groups is 2. The molecule has 4 aromatic rings. The van der Waals surface area contributed by atoms with E-state index in [1.165, 1.54) is 72.8 Å². The quantitative estimate of drug-likeness (QED) is 0.236. The van der Waals surface area contributed by atoms with Gasteiger partial charge in [0.05, 0.1) is 21.0 Å². The Bertz CT molecular complexity index is 1290. The average Bonchev–Trinajstić information content (AvgIpc) is 2.79. The molecule has 0 saturated carbocycles. The fourth-order valence-corrected chi connectivity index (χ4v) is 3.50. The minimum Gasteiger partial charge on any atom is -0.443 e. The Labute approximate surface area is 185 Å². The highest BCUT2D eigenvalue weighted by molar-refractivity contribution is 5.80. The Balaban J connectivity index is 1.89. The predicted molar refractivity (Wildman–Crippen MR) is 117 cm³/mol. The Morgan fingerprint density at radius 1 is 0.545 bits per heavy atom. The third-order valence-corrected chi connectivity index (χ3v) is 4.91. The van der Waals surface area contributed by atoms with Crippen LogP contribution in [0.3, 0.4) is 0 Å². The van der Waals surface area contributed by atoms with Gasteiger partial charge in [-0.25, -0.2) is 8.78 Å². The monoisotopic (exact) mass is 448 g/mol. The second kappa shape index (κ2) is 8.83. The molecular formula is C24H14F2N2O5. The SMILES string of the molecule is O=[N+]([O-])c1c(Oc2cccc(-c3ccccc3F)c2[N+](=O)[O-])cccc1-c1ccccc1F. The lowest BCUT2D eigenvalue weighted by atomic mass is 10.0. The molecule has 0 radical (unpaired) electrons. The number of rotatable bonds is 6. The summed E-state index contributed by atoms with van der Waals surface area (Å²) in [7, 11) is 0. The van der Waals surface area contributed by atoms with Gasteiger partial charge < -0.3 is 4.74 Å². The maximum atomic E-state index is 14.3. The number of ether oxygens (including phenoxy) is 1. The van der Waals surface area contributed by atoms with Gasteiger partial charge in [0.2, 0.25) is 11.5 Å². The van der Waals surface area contributed by atoms with Gasteiger partial charge >= 0.3 is 11.4 Å². The first-order chi connectivity index (χ1) is 15.9. The second-order valence-corrected chi connectivity index (χ2v) is 6.88. The first-order valence-corrected chi connectivity index (χ1v) is 9.61. The molecular weight excluding hydrogens is 434 g/mol. The number of halogens is 2. The zero-order valence-corrected chi connectivity index (χ0v) is 16.8. The highest BCUT2D eigenvalue weighted by Gasteiger charge is 2.28. The Hall–Kier alpha value is -4.66. The predicted octanol–water partition coefficient (Wildman–Crippen LogP) is 6.91. The van der Waals surface area contributed by atoms with Gasteiger partial charge in [0.15, 0.2) is 0 Å². The van der Waals surface area contributed by atoms with Crippen LogP contribution in [0.5, 0.6) is 11.5 Å². The van der Waals surface area contributed by atoms with Crippen LogP contribution in [0.4, 0.5) is 20.2 Å². The van der Waals surface area contributed by atoms with Gasteiger partial charge in [-0.2, -0.15) is 0 Å². The molecule has 0 saturated heterocycles. The van der Waals surface area contributed by atoms with Gasteiger partial charge in [0.25, 0.3) is 0 Å². The largest absolute Gasteiger partial charge is 0.443 e. The number of hydrogen-bond acceptors (Lipinski definition) is 5. The van der Waals surface area contributed by atoms with Gasteiger partial charge in [-0.05, 0) is 36.4 Å².